The molecule has 0 bridgehead atoms. The van der Waals surface area contributed by atoms with Gasteiger partial charge in [-0.15, -0.1) is 0 Å². The number of nitrogen functional groups attached to an aromatic ring is 1. The van der Waals surface area contributed by atoms with E-state index in [-0.39, 0.29) is 12.6 Å². The summed E-state index contributed by atoms with van der Waals surface area (Å²) in [6.07, 6.45) is 1.60. The van der Waals surface area contributed by atoms with E-state index in [1.165, 1.54) is 0 Å². The highest BCUT2D eigenvalue weighted by atomic mass is 16.5. The van der Waals surface area contributed by atoms with E-state index >= 15 is 0 Å². The largest absolute Gasteiger partial charge is 0.476 e. The van der Waals surface area contributed by atoms with Crippen LogP contribution in [-0.2, 0) is 0 Å². The van der Waals surface area contributed by atoms with Crippen molar-refractivity contribution in [3.8, 4) is 5.88 Å². The van der Waals surface area contributed by atoms with Gasteiger partial charge in [-0.3, -0.25) is 0 Å². The molecule has 1 aromatic rings. The van der Waals surface area contributed by atoms with Gasteiger partial charge in [0.2, 0.25) is 5.88 Å². The van der Waals surface area contributed by atoms with Crippen LogP contribution in [0.2, 0.25) is 0 Å². The number of rotatable bonds is 8. The lowest BCUT2D eigenvalue weighted by Crippen LogP contribution is -2.27. The number of pyridine rings is 1. The van der Waals surface area contributed by atoms with E-state index in [9.17, 15) is 0 Å². The van der Waals surface area contributed by atoms with E-state index < -0.39 is 0 Å². The summed E-state index contributed by atoms with van der Waals surface area (Å²) in [5, 5.41) is 12.4. The molecule has 1 heterocycles. The van der Waals surface area contributed by atoms with E-state index in [0.29, 0.717) is 30.5 Å². The predicted molar refractivity (Wildman–Crippen MR) is 78.4 cm³/mol. The molecule has 5 nitrogen and oxygen atoms in total. The average Bonchev–Trinajstić information content (AvgIpc) is 2.38. The number of aliphatic hydroxyl groups excluding tert-OH is 1. The molecule has 0 aliphatic carbocycles. The summed E-state index contributed by atoms with van der Waals surface area (Å²) in [6.45, 7) is 7.02. The first kappa shape index (κ1) is 15.6. The van der Waals surface area contributed by atoms with E-state index in [1.807, 2.05) is 13.0 Å². The molecule has 0 aliphatic rings. The monoisotopic (exact) mass is 267 g/mol. The minimum atomic E-state index is 0.157. The molecule has 0 saturated heterocycles. The van der Waals surface area contributed by atoms with Crippen LogP contribution in [0.3, 0.4) is 0 Å². The number of nitrogens with zero attached hydrogens (tertiary/aromatic N) is 1. The molecule has 1 aromatic heterocycles. The Bertz CT molecular complexity index is 383. The van der Waals surface area contributed by atoms with Crippen LogP contribution in [0, 0.1) is 5.92 Å². The third-order valence-corrected chi connectivity index (χ3v) is 2.91. The van der Waals surface area contributed by atoms with E-state index in [4.69, 9.17) is 15.6 Å². The first-order valence-corrected chi connectivity index (χ1v) is 6.85. The van der Waals surface area contributed by atoms with Crippen LogP contribution in [-0.4, -0.2) is 29.3 Å². The fraction of sp³-hybridized carbons (Fsp3) is 0.643. The fourth-order valence-corrected chi connectivity index (χ4v) is 1.75. The second-order valence-electron chi connectivity index (χ2n) is 4.95. The van der Waals surface area contributed by atoms with Crippen LogP contribution in [0.5, 0.6) is 5.88 Å². The zero-order valence-electron chi connectivity index (χ0n) is 12.0. The number of hydrogen-bond donors (Lipinski definition) is 3. The number of aliphatic hydroxyl groups is 1. The van der Waals surface area contributed by atoms with Crippen molar-refractivity contribution in [3.63, 3.8) is 0 Å². The van der Waals surface area contributed by atoms with Crippen molar-refractivity contribution in [2.75, 3.05) is 24.3 Å². The lowest BCUT2D eigenvalue weighted by atomic mass is 10.0. The molecule has 108 valence electrons. The summed E-state index contributed by atoms with van der Waals surface area (Å²) in [5.41, 5.74) is 6.37. The molecule has 5 heteroatoms. The SMILES string of the molecule is CCCOc1nc(NC(CCO)C(C)C)ccc1N. The second-order valence-corrected chi connectivity index (χ2v) is 4.95. The topological polar surface area (TPSA) is 80.4 Å². The molecule has 4 N–H and O–H groups in total. The quantitative estimate of drug-likeness (QED) is 0.673. The average molecular weight is 267 g/mol. The van der Waals surface area contributed by atoms with Gasteiger partial charge >= 0.3 is 0 Å². The fourth-order valence-electron chi connectivity index (χ4n) is 1.75. The summed E-state index contributed by atoms with van der Waals surface area (Å²) < 4.78 is 5.50. The molecule has 1 unspecified atom stereocenters. The molecule has 0 saturated carbocycles. The third-order valence-electron chi connectivity index (χ3n) is 2.91. The highest BCUT2D eigenvalue weighted by Gasteiger charge is 2.14. The Morgan fingerprint density at radius 3 is 2.74 bits per heavy atom. The van der Waals surface area contributed by atoms with Crippen LogP contribution in [0.15, 0.2) is 12.1 Å². The highest BCUT2D eigenvalue weighted by Crippen LogP contribution is 2.22. The second kappa shape index (κ2) is 7.84. The first-order chi connectivity index (χ1) is 9.08. The standard InChI is InChI=1S/C14H25N3O2/c1-4-9-19-14-11(15)5-6-13(17-14)16-12(7-8-18)10(2)3/h5-6,10,12,18H,4,7-9,15H2,1-3H3,(H,16,17). The molecule has 0 aromatic carbocycles. The maximum absolute atomic E-state index is 9.07. The molecule has 0 radical (unpaired) electrons. The lowest BCUT2D eigenvalue weighted by molar-refractivity contribution is 0.267. The smallest absolute Gasteiger partial charge is 0.239 e. The maximum Gasteiger partial charge on any atom is 0.239 e. The number of ether oxygens (including phenoxy) is 1. The van der Waals surface area contributed by atoms with Crippen molar-refractivity contribution < 1.29 is 9.84 Å². The number of nitrogens with one attached hydrogen (secondary N) is 1. The minimum Gasteiger partial charge on any atom is -0.476 e. The molecule has 19 heavy (non-hydrogen) atoms. The summed E-state index contributed by atoms with van der Waals surface area (Å²) in [7, 11) is 0. The van der Waals surface area contributed by atoms with Gasteiger partial charge in [0.15, 0.2) is 0 Å². The van der Waals surface area contributed by atoms with E-state index in [2.05, 4.69) is 24.1 Å². The first-order valence-electron chi connectivity index (χ1n) is 6.85. The van der Waals surface area contributed by atoms with Crippen molar-refractivity contribution >= 4 is 11.5 Å². The van der Waals surface area contributed by atoms with Crippen molar-refractivity contribution in [2.24, 2.45) is 5.92 Å². The lowest BCUT2D eigenvalue weighted by Gasteiger charge is -2.22. The number of anilines is 2. The Kier molecular flexibility index (Phi) is 6.42. The molecule has 0 amide bonds. The van der Waals surface area contributed by atoms with Gasteiger partial charge in [0.1, 0.15) is 5.82 Å². The number of aromatic nitrogens is 1. The van der Waals surface area contributed by atoms with Gasteiger partial charge in [0, 0.05) is 12.6 Å². The summed E-state index contributed by atoms with van der Waals surface area (Å²) in [5.74, 6) is 1.61. The van der Waals surface area contributed by atoms with Gasteiger partial charge in [-0.25, -0.2) is 0 Å². The van der Waals surface area contributed by atoms with Crippen LogP contribution in [0.4, 0.5) is 11.5 Å². The normalized spacial score (nSPS) is 12.5. The van der Waals surface area contributed by atoms with Gasteiger partial charge in [-0.05, 0) is 30.9 Å². The molecule has 0 aliphatic heterocycles. The molecular weight excluding hydrogens is 242 g/mol. The van der Waals surface area contributed by atoms with Gasteiger partial charge in [0.25, 0.3) is 0 Å². The Morgan fingerprint density at radius 2 is 2.16 bits per heavy atom. The molecule has 0 fully saturated rings. The summed E-state index contributed by atoms with van der Waals surface area (Å²) >= 11 is 0. The Balaban J connectivity index is 2.76. The van der Waals surface area contributed by atoms with Gasteiger partial charge in [-0.1, -0.05) is 20.8 Å². The molecular formula is C14H25N3O2. The van der Waals surface area contributed by atoms with E-state index in [1.54, 1.807) is 6.07 Å². The Labute approximate surface area is 115 Å². The summed E-state index contributed by atoms with van der Waals surface area (Å²) in [6, 6.07) is 3.80. The van der Waals surface area contributed by atoms with Crippen LogP contribution < -0.4 is 15.8 Å². The van der Waals surface area contributed by atoms with Crippen LogP contribution in [0.1, 0.15) is 33.6 Å². The number of nitrogens with two attached hydrogens (primary N) is 1. The zero-order chi connectivity index (χ0) is 14.3. The van der Waals surface area contributed by atoms with Crippen molar-refractivity contribution in [3.05, 3.63) is 12.1 Å². The van der Waals surface area contributed by atoms with Gasteiger partial charge in [-0.2, -0.15) is 4.98 Å². The highest BCUT2D eigenvalue weighted by molar-refractivity contribution is 5.53. The maximum atomic E-state index is 9.07. The minimum absolute atomic E-state index is 0.157. The van der Waals surface area contributed by atoms with E-state index in [0.717, 1.165) is 12.2 Å². The van der Waals surface area contributed by atoms with Crippen molar-refractivity contribution in [1.82, 2.24) is 4.98 Å². The Hall–Kier alpha value is -1.49. The van der Waals surface area contributed by atoms with Gasteiger partial charge in [0.05, 0.1) is 12.3 Å². The van der Waals surface area contributed by atoms with Crippen molar-refractivity contribution in [1.29, 1.82) is 0 Å². The zero-order valence-corrected chi connectivity index (χ0v) is 12.0. The van der Waals surface area contributed by atoms with Gasteiger partial charge < -0.3 is 20.9 Å². The molecule has 1 rings (SSSR count). The van der Waals surface area contributed by atoms with Crippen LogP contribution in [0.25, 0.3) is 0 Å². The Morgan fingerprint density at radius 1 is 1.42 bits per heavy atom. The number of hydrogen-bond acceptors (Lipinski definition) is 5. The molecule has 0 spiro atoms. The predicted octanol–water partition coefficient (Wildman–Crippen LogP) is 2.27. The third kappa shape index (κ3) is 4.95. The van der Waals surface area contributed by atoms with Crippen molar-refractivity contribution in [2.45, 2.75) is 39.7 Å². The molecule has 1 atom stereocenters. The van der Waals surface area contributed by atoms with Crippen LogP contribution >= 0.6 is 0 Å². The summed E-state index contributed by atoms with van der Waals surface area (Å²) in [4.78, 5) is 4.37.